The molecule has 0 amide bonds. The van der Waals surface area contributed by atoms with E-state index in [0.717, 1.165) is 15.9 Å². The zero-order valence-electron chi connectivity index (χ0n) is 10.8. The molecule has 0 aliphatic rings. The molecule has 0 spiro atoms. The summed E-state index contributed by atoms with van der Waals surface area (Å²) in [6.45, 7) is 0. The minimum absolute atomic E-state index is 0.341. The summed E-state index contributed by atoms with van der Waals surface area (Å²) in [7, 11) is 0. The van der Waals surface area contributed by atoms with E-state index in [1.165, 1.54) is 11.3 Å². The first kappa shape index (κ1) is 12.9. The summed E-state index contributed by atoms with van der Waals surface area (Å²) in [5, 5.41) is 21.8. The van der Waals surface area contributed by atoms with Crippen LogP contribution < -0.4 is 11.1 Å². The van der Waals surface area contributed by atoms with E-state index in [-0.39, 0.29) is 0 Å². The number of nitrogens with two attached hydrogens (primary N) is 1. The number of thiazole rings is 1. The van der Waals surface area contributed by atoms with Gasteiger partial charge in [0.05, 0.1) is 21.3 Å². The van der Waals surface area contributed by atoms with Crippen LogP contribution in [-0.2, 0) is 0 Å². The predicted molar refractivity (Wildman–Crippen MR) is 83.2 cm³/mol. The quantitative estimate of drug-likeness (QED) is 0.705. The summed E-state index contributed by atoms with van der Waals surface area (Å²) >= 11 is 1.48. The Morgan fingerprint density at radius 2 is 1.86 bits per heavy atom. The Morgan fingerprint density at radius 3 is 2.62 bits per heavy atom. The van der Waals surface area contributed by atoms with Gasteiger partial charge in [-0.05, 0) is 36.4 Å². The molecule has 3 N–H and O–H groups in total. The maximum Gasteiger partial charge on any atom is 0.188 e. The summed E-state index contributed by atoms with van der Waals surface area (Å²) in [5.74, 6) is 0. The van der Waals surface area contributed by atoms with Gasteiger partial charge in [0.15, 0.2) is 5.13 Å². The summed E-state index contributed by atoms with van der Waals surface area (Å²) in [5.41, 5.74) is 8.73. The highest BCUT2D eigenvalue weighted by Gasteiger charge is 2.07. The number of nitrogens with zero attached hydrogens (tertiary/aromatic N) is 3. The maximum absolute atomic E-state index is 9.03. The summed E-state index contributed by atoms with van der Waals surface area (Å²) in [4.78, 5) is 4.45. The van der Waals surface area contributed by atoms with Crippen LogP contribution in [-0.4, -0.2) is 4.98 Å². The molecule has 1 heterocycles. The van der Waals surface area contributed by atoms with E-state index in [9.17, 15) is 0 Å². The molecule has 5 nitrogen and oxygen atoms in total. The zero-order valence-corrected chi connectivity index (χ0v) is 11.6. The molecule has 0 fully saturated rings. The van der Waals surface area contributed by atoms with Crippen molar-refractivity contribution in [2.75, 3.05) is 11.1 Å². The SMILES string of the molecule is N#Cc1ccc(Nc2nc3ccc(N)cc3s2)cc1C#N. The summed E-state index contributed by atoms with van der Waals surface area (Å²) in [6.07, 6.45) is 0. The Bertz CT molecular complexity index is 914. The molecule has 0 radical (unpaired) electrons. The fourth-order valence-electron chi connectivity index (χ4n) is 1.93. The number of benzene rings is 2. The first-order chi connectivity index (χ1) is 10.2. The van der Waals surface area contributed by atoms with Gasteiger partial charge in [0.1, 0.15) is 12.1 Å². The van der Waals surface area contributed by atoms with Gasteiger partial charge in [0.25, 0.3) is 0 Å². The summed E-state index contributed by atoms with van der Waals surface area (Å²) < 4.78 is 0.992. The smallest absolute Gasteiger partial charge is 0.188 e. The van der Waals surface area contributed by atoms with Crippen LogP contribution in [0.4, 0.5) is 16.5 Å². The van der Waals surface area contributed by atoms with E-state index < -0.39 is 0 Å². The average molecular weight is 291 g/mol. The molecule has 0 aliphatic heterocycles. The highest BCUT2D eigenvalue weighted by molar-refractivity contribution is 7.22. The van der Waals surface area contributed by atoms with E-state index in [0.29, 0.717) is 21.9 Å². The molecule has 0 aliphatic carbocycles. The molecule has 1 aromatic heterocycles. The standard InChI is InChI=1S/C15H9N5S/c16-7-9-1-3-12(5-10(9)8-17)19-15-20-13-4-2-11(18)6-14(13)21-15/h1-6H,18H2,(H,19,20). The lowest BCUT2D eigenvalue weighted by Gasteiger charge is -2.03. The van der Waals surface area contributed by atoms with Crippen LogP contribution in [0.3, 0.4) is 0 Å². The van der Waals surface area contributed by atoms with Gasteiger partial charge in [-0.2, -0.15) is 10.5 Å². The molecule has 0 bridgehead atoms. The van der Waals surface area contributed by atoms with Gasteiger partial charge in [-0.3, -0.25) is 0 Å². The number of nitriles is 2. The topological polar surface area (TPSA) is 98.5 Å². The van der Waals surface area contributed by atoms with Crippen molar-refractivity contribution in [1.82, 2.24) is 4.98 Å². The second kappa shape index (κ2) is 5.12. The number of aromatic nitrogens is 1. The van der Waals surface area contributed by atoms with Crippen LogP contribution in [0.15, 0.2) is 36.4 Å². The lowest BCUT2D eigenvalue weighted by Crippen LogP contribution is -1.91. The molecule has 21 heavy (non-hydrogen) atoms. The molecular formula is C15H9N5S. The van der Waals surface area contributed by atoms with E-state index in [1.54, 1.807) is 24.3 Å². The van der Waals surface area contributed by atoms with Crippen molar-refractivity contribution in [3.05, 3.63) is 47.5 Å². The monoisotopic (exact) mass is 291 g/mol. The third-order valence-corrected chi connectivity index (χ3v) is 3.86. The van der Waals surface area contributed by atoms with Crippen molar-refractivity contribution < 1.29 is 0 Å². The van der Waals surface area contributed by atoms with Crippen LogP contribution in [0.25, 0.3) is 10.2 Å². The zero-order chi connectivity index (χ0) is 14.8. The summed E-state index contributed by atoms with van der Waals surface area (Å²) in [6, 6.07) is 14.6. The number of fused-ring (bicyclic) bond motifs is 1. The molecule has 2 aromatic carbocycles. The third-order valence-electron chi connectivity index (χ3n) is 2.92. The average Bonchev–Trinajstić information content (AvgIpc) is 2.88. The van der Waals surface area contributed by atoms with Crippen molar-refractivity contribution in [3.63, 3.8) is 0 Å². The van der Waals surface area contributed by atoms with Crippen molar-refractivity contribution >= 4 is 38.1 Å². The highest BCUT2D eigenvalue weighted by Crippen LogP contribution is 2.30. The molecule has 0 saturated heterocycles. The molecule has 100 valence electrons. The fraction of sp³-hybridized carbons (Fsp3) is 0. The second-order valence-electron chi connectivity index (χ2n) is 4.36. The van der Waals surface area contributed by atoms with Crippen molar-refractivity contribution in [2.45, 2.75) is 0 Å². The van der Waals surface area contributed by atoms with Crippen LogP contribution in [0.5, 0.6) is 0 Å². The van der Waals surface area contributed by atoms with Gasteiger partial charge in [0, 0.05) is 11.4 Å². The third kappa shape index (κ3) is 2.48. The minimum atomic E-state index is 0.341. The first-order valence-corrected chi connectivity index (χ1v) is 6.88. The van der Waals surface area contributed by atoms with Crippen molar-refractivity contribution in [1.29, 1.82) is 10.5 Å². The Kier molecular flexibility index (Phi) is 3.15. The van der Waals surface area contributed by atoms with Crippen LogP contribution in [0.2, 0.25) is 0 Å². The number of nitrogens with one attached hydrogen (secondary N) is 1. The molecule has 3 aromatic rings. The van der Waals surface area contributed by atoms with Gasteiger partial charge in [0.2, 0.25) is 0 Å². The fourth-order valence-corrected chi connectivity index (χ4v) is 2.86. The molecular weight excluding hydrogens is 282 g/mol. The van der Waals surface area contributed by atoms with Gasteiger partial charge in [-0.15, -0.1) is 0 Å². The number of hydrogen-bond acceptors (Lipinski definition) is 6. The number of anilines is 3. The van der Waals surface area contributed by atoms with Crippen LogP contribution >= 0.6 is 11.3 Å². The first-order valence-electron chi connectivity index (χ1n) is 6.07. The van der Waals surface area contributed by atoms with Crippen molar-refractivity contribution in [2.24, 2.45) is 0 Å². The molecule has 0 unspecified atom stereocenters. The number of rotatable bonds is 2. The second-order valence-corrected chi connectivity index (χ2v) is 5.39. The number of nitrogen functional groups attached to an aromatic ring is 1. The van der Waals surface area contributed by atoms with Crippen molar-refractivity contribution in [3.8, 4) is 12.1 Å². The molecule has 0 atom stereocenters. The van der Waals surface area contributed by atoms with Crippen LogP contribution in [0.1, 0.15) is 11.1 Å². The Balaban J connectivity index is 1.95. The lowest BCUT2D eigenvalue weighted by molar-refractivity contribution is 1.41. The van der Waals surface area contributed by atoms with Crippen LogP contribution in [0, 0.1) is 22.7 Å². The molecule has 6 heteroatoms. The Labute approximate surface area is 124 Å². The normalized spacial score (nSPS) is 10.0. The van der Waals surface area contributed by atoms with Gasteiger partial charge < -0.3 is 11.1 Å². The van der Waals surface area contributed by atoms with E-state index in [4.69, 9.17) is 16.3 Å². The lowest BCUT2D eigenvalue weighted by atomic mass is 10.1. The minimum Gasteiger partial charge on any atom is -0.399 e. The van der Waals surface area contributed by atoms with Gasteiger partial charge >= 0.3 is 0 Å². The molecule has 3 rings (SSSR count). The predicted octanol–water partition coefficient (Wildman–Crippen LogP) is 3.37. The Hall–Kier alpha value is -3.09. The maximum atomic E-state index is 9.03. The largest absolute Gasteiger partial charge is 0.399 e. The van der Waals surface area contributed by atoms with Gasteiger partial charge in [-0.1, -0.05) is 11.3 Å². The Morgan fingerprint density at radius 1 is 1.05 bits per heavy atom. The molecule has 0 saturated carbocycles. The van der Waals surface area contributed by atoms with E-state index in [1.807, 2.05) is 24.3 Å². The highest BCUT2D eigenvalue weighted by atomic mass is 32.1. The number of hydrogen-bond donors (Lipinski definition) is 2. The van der Waals surface area contributed by atoms with E-state index >= 15 is 0 Å². The van der Waals surface area contributed by atoms with E-state index in [2.05, 4.69) is 10.3 Å². The van der Waals surface area contributed by atoms with Gasteiger partial charge in [-0.25, -0.2) is 4.98 Å².